The number of aromatic nitrogens is 2. The van der Waals surface area contributed by atoms with E-state index in [-0.39, 0.29) is 10.6 Å². The molecule has 0 spiro atoms. The van der Waals surface area contributed by atoms with Gasteiger partial charge in [0.05, 0.1) is 10.6 Å². The van der Waals surface area contributed by atoms with E-state index in [0.717, 1.165) is 16.3 Å². The first-order valence-electron chi connectivity index (χ1n) is 6.68. The molecule has 0 N–H and O–H groups in total. The highest BCUT2D eigenvalue weighted by Gasteiger charge is 2.04. The van der Waals surface area contributed by atoms with Crippen molar-refractivity contribution in [2.45, 2.75) is 10.6 Å². The molecule has 0 aliphatic carbocycles. The summed E-state index contributed by atoms with van der Waals surface area (Å²) in [4.78, 5) is 11.2. The summed E-state index contributed by atoms with van der Waals surface area (Å²) >= 11 is 1.65. The summed E-state index contributed by atoms with van der Waals surface area (Å²) < 4.78 is 1.81. The van der Waals surface area contributed by atoms with E-state index in [4.69, 9.17) is 0 Å². The van der Waals surface area contributed by atoms with E-state index in [1.807, 2.05) is 29.1 Å². The van der Waals surface area contributed by atoms with Crippen LogP contribution in [0.4, 0.5) is 5.69 Å². The third kappa shape index (κ3) is 3.35. The van der Waals surface area contributed by atoms with Crippen LogP contribution in [-0.4, -0.2) is 14.7 Å². The summed E-state index contributed by atoms with van der Waals surface area (Å²) in [6.07, 6.45) is 3.65. The highest BCUT2D eigenvalue weighted by Crippen LogP contribution is 2.25. The molecule has 0 bridgehead atoms. The van der Waals surface area contributed by atoms with Gasteiger partial charge < -0.3 is 0 Å². The van der Waals surface area contributed by atoms with Crippen molar-refractivity contribution in [3.8, 4) is 5.69 Å². The second-order valence-electron chi connectivity index (χ2n) is 4.66. The van der Waals surface area contributed by atoms with Crippen LogP contribution in [0.1, 0.15) is 5.56 Å². The highest BCUT2D eigenvalue weighted by atomic mass is 32.2. The van der Waals surface area contributed by atoms with Gasteiger partial charge in [-0.2, -0.15) is 5.10 Å². The monoisotopic (exact) mass is 311 g/mol. The van der Waals surface area contributed by atoms with Crippen LogP contribution in [0.2, 0.25) is 0 Å². The number of thioether (sulfide) groups is 1. The van der Waals surface area contributed by atoms with E-state index in [9.17, 15) is 10.1 Å². The highest BCUT2D eigenvalue weighted by molar-refractivity contribution is 7.98. The van der Waals surface area contributed by atoms with Crippen molar-refractivity contribution in [1.82, 2.24) is 9.78 Å². The predicted octanol–water partition coefficient (Wildman–Crippen LogP) is 4.07. The third-order valence-corrected chi connectivity index (χ3v) is 4.24. The maximum absolute atomic E-state index is 10.6. The van der Waals surface area contributed by atoms with Crippen LogP contribution in [0.15, 0.2) is 71.9 Å². The lowest BCUT2D eigenvalue weighted by molar-refractivity contribution is -0.384. The summed E-state index contributed by atoms with van der Waals surface area (Å²) in [5.41, 5.74) is 2.33. The first-order valence-corrected chi connectivity index (χ1v) is 7.67. The standard InChI is InChI=1S/C16H13N3O2S/c20-19(21)15-6-8-16(9-7-15)22-12-13-2-4-14(5-3-13)18-11-1-10-17-18/h1-11H,12H2. The molecule has 0 unspecified atom stereocenters. The lowest BCUT2D eigenvalue weighted by Gasteiger charge is -2.05. The smallest absolute Gasteiger partial charge is 0.258 e. The molecule has 1 aromatic heterocycles. The Morgan fingerprint density at radius 1 is 1.09 bits per heavy atom. The van der Waals surface area contributed by atoms with Crippen LogP contribution in [0, 0.1) is 10.1 Å². The maximum atomic E-state index is 10.6. The second kappa shape index (κ2) is 6.44. The third-order valence-electron chi connectivity index (χ3n) is 3.16. The van der Waals surface area contributed by atoms with Crippen molar-refractivity contribution in [3.05, 3.63) is 82.7 Å². The Labute approximate surface area is 131 Å². The van der Waals surface area contributed by atoms with Crippen molar-refractivity contribution in [1.29, 1.82) is 0 Å². The van der Waals surface area contributed by atoms with E-state index in [1.165, 1.54) is 17.7 Å². The molecule has 3 aromatic rings. The van der Waals surface area contributed by atoms with Gasteiger partial charge in [0.2, 0.25) is 0 Å². The summed E-state index contributed by atoms with van der Waals surface area (Å²) in [6, 6.07) is 16.7. The zero-order chi connectivity index (χ0) is 15.4. The van der Waals surface area contributed by atoms with Gasteiger partial charge >= 0.3 is 0 Å². The van der Waals surface area contributed by atoms with Crippen molar-refractivity contribution in [2.24, 2.45) is 0 Å². The molecule has 6 heteroatoms. The minimum absolute atomic E-state index is 0.118. The number of rotatable bonds is 5. The number of benzene rings is 2. The molecule has 110 valence electrons. The SMILES string of the molecule is O=[N+]([O-])c1ccc(SCc2ccc(-n3cccn3)cc2)cc1. The molecule has 0 fully saturated rings. The molecule has 2 aromatic carbocycles. The number of non-ortho nitro benzene ring substituents is 1. The summed E-state index contributed by atoms with van der Waals surface area (Å²) in [7, 11) is 0. The first kappa shape index (κ1) is 14.3. The van der Waals surface area contributed by atoms with Crippen LogP contribution < -0.4 is 0 Å². The normalized spacial score (nSPS) is 10.5. The minimum atomic E-state index is -0.386. The molecule has 0 aliphatic heterocycles. The quantitative estimate of drug-likeness (QED) is 0.405. The zero-order valence-electron chi connectivity index (χ0n) is 11.6. The van der Waals surface area contributed by atoms with Gasteiger partial charge in [0.1, 0.15) is 0 Å². The van der Waals surface area contributed by atoms with Gasteiger partial charge in [-0.1, -0.05) is 12.1 Å². The van der Waals surface area contributed by atoms with E-state index in [1.54, 1.807) is 30.1 Å². The van der Waals surface area contributed by atoms with Crippen LogP contribution in [0.3, 0.4) is 0 Å². The number of nitro groups is 1. The molecule has 5 nitrogen and oxygen atoms in total. The predicted molar refractivity (Wildman–Crippen MR) is 86.2 cm³/mol. The van der Waals surface area contributed by atoms with Gasteiger partial charge in [0, 0.05) is 35.2 Å². The summed E-state index contributed by atoms with van der Waals surface area (Å²) in [6.45, 7) is 0. The molecule has 0 amide bonds. The van der Waals surface area contributed by atoms with Crippen molar-refractivity contribution in [2.75, 3.05) is 0 Å². The fourth-order valence-corrected chi connectivity index (χ4v) is 2.85. The Morgan fingerprint density at radius 3 is 2.41 bits per heavy atom. The Morgan fingerprint density at radius 2 is 1.82 bits per heavy atom. The van der Waals surface area contributed by atoms with Gasteiger partial charge in [-0.3, -0.25) is 10.1 Å². The average molecular weight is 311 g/mol. The number of nitrogens with zero attached hydrogens (tertiary/aromatic N) is 3. The molecule has 3 rings (SSSR count). The van der Waals surface area contributed by atoms with E-state index < -0.39 is 0 Å². The van der Waals surface area contributed by atoms with Gasteiger partial charge in [-0.15, -0.1) is 11.8 Å². The molecular weight excluding hydrogens is 298 g/mol. The van der Waals surface area contributed by atoms with Crippen molar-refractivity contribution >= 4 is 17.4 Å². The van der Waals surface area contributed by atoms with E-state index >= 15 is 0 Å². The summed E-state index contributed by atoms with van der Waals surface area (Å²) in [5.74, 6) is 0.817. The molecule has 0 saturated carbocycles. The van der Waals surface area contributed by atoms with Crippen LogP contribution in [0.5, 0.6) is 0 Å². The molecule has 0 radical (unpaired) electrons. The Kier molecular flexibility index (Phi) is 4.20. The molecule has 0 aliphatic rings. The molecular formula is C16H13N3O2S. The largest absolute Gasteiger partial charge is 0.269 e. The molecule has 0 saturated heterocycles. The number of hydrogen-bond acceptors (Lipinski definition) is 4. The average Bonchev–Trinajstić information content (AvgIpc) is 3.08. The Balaban J connectivity index is 1.63. The lowest BCUT2D eigenvalue weighted by atomic mass is 10.2. The fourth-order valence-electron chi connectivity index (χ4n) is 2.00. The van der Waals surface area contributed by atoms with Gasteiger partial charge in [-0.05, 0) is 35.9 Å². The van der Waals surface area contributed by atoms with Crippen molar-refractivity contribution in [3.63, 3.8) is 0 Å². The van der Waals surface area contributed by atoms with E-state index in [0.29, 0.717) is 0 Å². The van der Waals surface area contributed by atoms with Crippen molar-refractivity contribution < 1.29 is 4.92 Å². The van der Waals surface area contributed by atoms with Crippen LogP contribution in [-0.2, 0) is 5.75 Å². The second-order valence-corrected chi connectivity index (χ2v) is 5.71. The topological polar surface area (TPSA) is 61.0 Å². The fraction of sp³-hybridized carbons (Fsp3) is 0.0625. The minimum Gasteiger partial charge on any atom is -0.258 e. The zero-order valence-corrected chi connectivity index (χ0v) is 12.4. The molecule has 22 heavy (non-hydrogen) atoms. The maximum Gasteiger partial charge on any atom is 0.269 e. The van der Waals surface area contributed by atoms with Gasteiger partial charge in [-0.25, -0.2) is 4.68 Å². The number of hydrogen-bond donors (Lipinski definition) is 0. The van der Waals surface area contributed by atoms with Gasteiger partial charge in [0.25, 0.3) is 5.69 Å². The lowest BCUT2D eigenvalue weighted by Crippen LogP contribution is -1.93. The molecule has 0 atom stereocenters. The van der Waals surface area contributed by atoms with Gasteiger partial charge in [0.15, 0.2) is 0 Å². The van der Waals surface area contributed by atoms with E-state index in [2.05, 4.69) is 17.2 Å². The number of nitro benzene ring substituents is 1. The molecule has 1 heterocycles. The first-order chi connectivity index (χ1) is 10.7. The van der Waals surface area contributed by atoms with Crippen LogP contribution in [0.25, 0.3) is 5.69 Å². The Bertz CT molecular complexity index is 753. The Hall–Kier alpha value is -2.60. The van der Waals surface area contributed by atoms with Crippen LogP contribution >= 0.6 is 11.8 Å². The summed E-state index contributed by atoms with van der Waals surface area (Å²) in [5, 5.41) is 14.8.